The second kappa shape index (κ2) is 5.50. The highest BCUT2D eigenvalue weighted by Crippen LogP contribution is 2.13. The number of carbonyl (C=O) groups excluding carboxylic acids is 1. The predicted molar refractivity (Wildman–Crippen MR) is 65.2 cm³/mol. The summed E-state index contributed by atoms with van der Waals surface area (Å²) < 4.78 is 30.3. The minimum Gasteiger partial charge on any atom is -0.477 e. The summed E-state index contributed by atoms with van der Waals surface area (Å²) in [5.41, 5.74) is -0.296. The third-order valence-electron chi connectivity index (χ3n) is 1.93. The molecule has 0 aromatic heterocycles. The van der Waals surface area contributed by atoms with Crippen LogP contribution in [-0.4, -0.2) is 30.1 Å². The Bertz CT molecular complexity index is 620. The van der Waals surface area contributed by atoms with Gasteiger partial charge < -0.3 is 15.7 Å². The van der Waals surface area contributed by atoms with Crippen molar-refractivity contribution in [2.24, 2.45) is 0 Å². The molecule has 0 spiro atoms. The highest BCUT2D eigenvalue weighted by Gasteiger charge is 2.11. The number of aliphatic carboxylic acids is 1. The topological polar surface area (TPSA) is 133 Å². The fraction of sp³-hybridized carbons (Fsp3) is 0. The van der Waals surface area contributed by atoms with Gasteiger partial charge in [0.15, 0.2) is 0 Å². The maximum absolute atomic E-state index is 11.3. The van der Waals surface area contributed by atoms with Crippen LogP contribution in [0.5, 0.6) is 0 Å². The van der Waals surface area contributed by atoms with Gasteiger partial charge in [-0.2, -0.15) is 8.42 Å². The molecule has 9 heteroatoms. The summed E-state index contributed by atoms with van der Waals surface area (Å²) in [5, 5.41) is 12.7. The normalized spacial score (nSPS) is 10.6. The highest BCUT2D eigenvalue weighted by atomic mass is 32.2. The van der Waals surface area contributed by atoms with Crippen LogP contribution in [0.4, 0.5) is 10.5 Å². The van der Waals surface area contributed by atoms with Gasteiger partial charge in [0.05, 0.1) is 4.90 Å². The molecule has 0 atom stereocenters. The van der Waals surface area contributed by atoms with Crippen molar-refractivity contribution in [2.45, 2.75) is 4.90 Å². The summed E-state index contributed by atoms with van der Waals surface area (Å²) in [6.45, 7) is 3.10. The van der Waals surface area contributed by atoms with Gasteiger partial charge in [-0.15, -0.1) is 0 Å². The van der Waals surface area contributed by atoms with Crippen LogP contribution in [-0.2, 0) is 14.9 Å². The summed E-state index contributed by atoms with van der Waals surface area (Å²) >= 11 is 0. The van der Waals surface area contributed by atoms with E-state index in [1.807, 2.05) is 5.32 Å². The maximum atomic E-state index is 11.3. The van der Waals surface area contributed by atoms with Gasteiger partial charge in [0.25, 0.3) is 10.1 Å². The fourth-order valence-corrected chi connectivity index (χ4v) is 1.54. The number of benzene rings is 1. The maximum Gasteiger partial charge on any atom is 0.351 e. The molecule has 19 heavy (non-hydrogen) atoms. The van der Waals surface area contributed by atoms with Gasteiger partial charge >= 0.3 is 12.0 Å². The smallest absolute Gasteiger partial charge is 0.351 e. The van der Waals surface area contributed by atoms with Crippen molar-refractivity contribution in [1.82, 2.24) is 5.32 Å². The Labute approximate surface area is 108 Å². The minimum atomic E-state index is -4.30. The van der Waals surface area contributed by atoms with Gasteiger partial charge in [0, 0.05) is 5.69 Å². The van der Waals surface area contributed by atoms with Gasteiger partial charge in [-0.05, 0) is 24.3 Å². The Morgan fingerprint density at radius 3 is 2.11 bits per heavy atom. The number of carboxylic acids is 1. The lowest BCUT2D eigenvalue weighted by Gasteiger charge is -2.07. The average Bonchev–Trinajstić information content (AvgIpc) is 2.28. The number of urea groups is 1. The molecule has 0 aliphatic carbocycles. The van der Waals surface area contributed by atoms with Crippen LogP contribution >= 0.6 is 0 Å². The number of hydrogen-bond donors (Lipinski definition) is 4. The number of anilines is 1. The molecule has 4 N–H and O–H groups in total. The molecular formula is C10H10N2O6S. The van der Waals surface area contributed by atoms with Crippen molar-refractivity contribution in [3.05, 3.63) is 36.5 Å². The minimum absolute atomic E-state index is 0.211. The average molecular weight is 286 g/mol. The number of rotatable bonds is 4. The van der Waals surface area contributed by atoms with Gasteiger partial charge in [0.1, 0.15) is 5.70 Å². The lowest BCUT2D eigenvalue weighted by Crippen LogP contribution is -2.30. The van der Waals surface area contributed by atoms with Crippen molar-refractivity contribution in [3.8, 4) is 0 Å². The zero-order valence-electron chi connectivity index (χ0n) is 9.45. The molecule has 1 aromatic carbocycles. The molecule has 0 aliphatic heterocycles. The Morgan fingerprint density at radius 2 is 1.68 bits per heavy atom. The molecule has 0 saturated heterocycles. The van der Waals surface area contributed by atoms with Gasteiger partial charge in [-0.1, -0.05) is 6.58 Å². The van der Waals surface area contributed by atoms with Crippen LogP contribution in [0.3, 0.4) is 0 Å². The number of amides is 2. The summed E-state index contributed by atoms with van der Waals surface area (Å²) in [6.07, 6.45) is 0. The first-order valence-corrected chi connectivity index (χ1v) is 6.22. The van der Waals surface area contributed by atoms with Crippen molar-refractivity contribution >= 4 is 27.8 Å². The fourth-order valence-electron chi connectivity index (χ4n) is 1.06. The molecule has 0 unspecified atom stereocenters. The third kappa shape index (κ3) is 4.41. The van der Waals surface area contributed by atoms with E-state index in [9.17, 15) is 18.0 Å². The lowest BCUT2D eigenvalue weighted by molar-refractivity contribution is -0.132. The molecule has 2 amide bonds. The van der Waals surface area contributed by atoms with Crippen molar-refractivity contribution < 1.29 is 27.7 Å². The van der Waals surface area contributed by atoms with Crippen LogP contribution in [0.25, 0.3) is 0 Å². The first-order valence-electron chi connectivity index (χ1n) is 4.78. The monoisotopic (exact) mass is 286 g/mol. The van der Waals surface area contributed by atoms with Crippen molar-refractivity contribution in [3.63, 3.8) is 0 Å². The second-order valence-corrected chi connectivity index (χ2v) is 4.78. The largest absolute Gasteiger partial charge is 0.477 e. The van der Waals surface area contributed by atoms with E-state index in [1.165, 1.54) is 12.1 Å². The first-order chi connectivity index (χ1) is 8.70. The number of carboxylic acid groups (broad SMARTS) is 1. The SMILES string of the molecule is C=C(NC(=O)Nc1ccc(S(=O)(=O)O)cc1)C(=O)O. The van der Waals surface area contributed by atoms with Crippen LogP contribution in [0.1, 0.15) is 0 Å². The molecule has 1 rings (SSSR count). The van der Waals surface area contributed by atoms with Crippen molar-refractivity contribution in [2.75, 3.05) is 5.32 Å². The van der Waals surface area contributed by atoms with E-state index < -0.39 is 27.8 Å². The van der Waals surface area contributed by atoms with E-state index in [0.717, 1.165) is 12.1 Å². The first kappa shape index (κ1) is 14.7. The zero-order valence-corrected chi connectivity index (χ0v) is 10.3. The molecule has 8 nitrogen and oxygen atoms in total. The summed E-state index contributed by atoms with van der Waals surface area (Å²) in [5.74, 6) is -1.38. The van der Waals surface area contributed by atoms with E-state index >= 15 is 0 Å². The predicted octanol–water partition coefficient (Wildman–Crippen LogP) is 0.653. The summed E-state index contributed by atoms with van der Waals surface area (Å²) in [7, 11) is -4.30. The second-order valence-electron chi connectivity index (χ2n) is 3.36. The van der Waals surface area contributed by atoms with E-state index in [-0.39, 0.29) is 10.6 Å². The van der Waals surface area contributed by atoms with E-state index in [0.29, 0.717) is 0 Å². The van der Waals surface area contributed by atoms with Gasteiger partial charge in [-0.3, -0.25) is 4.55 Å². The standard InChI is InChI=1S/C10H10N2O6S/c1-6(9(13)14)11-10(15)12-7-2-4-8(5-3-7)19(16,17)18/h2-5H,1H2,(H,13,14)(H2,11,12,15)(H,16,17,18). The summed E-state index contributed by atoms with van der Waals surface area (Å²) in [6, 6.07) is 3.78. The summed E-state index contributed by atoms with van der Waals surface area (Å²) in [4.78, 5) is 21.4. The molecule has 0 aliphatic rings. The molecule has 0 bridgehead atoms. The van der Waals surface area contributed by atoms with Crippen LogP contribution in [0, 0.1) is 0 Å². The Kier molecular flexibility index (Phi) is 4.25. The molecule has 0 fully saturated rings. The lowest BCUT2D eigenvalue weighted by atomic mass is 10.3. The molecule has 0 saturated carbocycles. The number of hydrogen-bond acceptors (Lipinski definition) is 4. The van der Waals surface area contributed by atoms with Crippen LogP contribution in [0.2, 0.25) is 0 Å². The zero-order chi connectivity index (χ0) is 14.6. The number of nitrogens with one attached hydrogen (secondary N) is 2. The molecule has 102 valence electrons. The van der Waals surface area contributed by atoms with Crippen LogP contribution < -0.4 is 10.6 Å². The molecule has 1 aromatic rings. The van der Waals surface area contributed by atoms with E-state index in [4.69, 9.17) is 9.66 Å². The Morgan fingerprint density at radius 1 is 1.16 bits per heavy atom. The molecule has 0 radical (unpaired) electrons. The number of carbonyl (C=O) groups is 2. The third-order valence-corrected chi connectivity index (χ3v) is 2.80. The quantitative estimate of drug-likeness (QED) is 0.474. The molecular weight excluding hydrogens is 276 g/mol. The Balaban J connectivity index is 2.71. The van der Waals surface area contributed by atoms with E-state index in [2.05, 4.69) is 11.9 Å². The van der Waals surface area contributed by atoms with Gasteiger partial charge in [-0.25, -0.2) is 9.59 Å². The van der Waals surface area contributed by atoms with Crippen molar-refractivity contribution in [1.29, 1.82) is 0 Å². The van der Waals surface area contributed by atoms with Crippen LogP contribution in [0.15, 0.2) is 41.4 Å². The molecule has 0 heterocycles. The highest BCUT2D eigenvalue weighted by molar-refractivity contribution is 7.85. The van der Waals surface area contributed by atoms with Gasteiger partial charge in [0.2, 0.25) is 0 Å². The van der Waals surface area contributed by atoms with E-state index in [1.54, 1.807) is 0 Å². The Hall–Kier alpha value is -2.39.